The molecule has 2 unspecified atom stereocenters. The van der Waals surface area contributed by atoms with Crippen LogP contribution >= 0.6 is 0 Å². The molecule has 1 amide bonds. The molecule has 6 aromatic carbocycles. The molecule has 0 spiro atoms. The Hall–Kier alpha value is -8.24. The van der Waals surface area contributed by atoms with E-state index >= 15 is 0 Å². The molecule has 2 aliphatic rings. The predicted molar refractivity (Wildman–Crippen MR) is 361 cm³/mol. The number of ketones is 2. The summed E-state index contributed by atoms with van der Waals surface area (Å²) in [4.78, 5) is 50.7. The van der Waals surface area contributed by atoms with Crippen molar-refractivity contribution in [3.63, 3.8) is 0 Å². The van der Waals surface area contributed by atoms with Gasteiger partial charge in [0.15, 0.2) is 23.8 Å². The number of carbonyl (C=O) groups is 4. The van der Waals surface area contributed by atoms with Crippen LogP contribution in [0.5, 0.6) is 0 Å². The highest BCUT2D eigenvalue weighted by molar-refractivity contribution is 7.92. The fourth-order valence-corrected chi connectivity index (χ4v) is 13.0. The Morgan fingerprint density at radius 2 is 0.897 bits per heavy atom. The van der Waals surface area contributed by atoms with Gasteiger partial charge in [0.05, 0.1) is 121 Å². The number of halogens is 2. The van der Waals surface area contributed by atoms with Crippen LogP contribution in [0.15, 0.2) is 142 Å². The summed E-state index contributed by atoms with van der Waals surface area (Å²) in [6.07, 6.45) is 4.51. The minimum Gasteiger partial charge on any atom is -0.464 e. The van der Waals surface area contributed by atoms with Crippen LogP contribution in [0.1, 0.15) is 126 Å². The molecule has 2 N–H and O–H groups in total. The van der Waals surface area contributed by atoms with E-state index in [4.69, 9.17) is 47.2 Å². The lowest BCUT2D eigenvalue weighted by atomic mass is 9.97. The number of hydrogen-bond donors (Lipinski definition) is 2. The van der Waals surface area contributed by atoms with Crippen molar-refractivity contribution in [1.29, 1.82) is 0 Å². The van der Waals surface area contributed by atoms with E-state index in [1.54, 1.807) is 105 Å². The predicted octanol–water partition coefficient (Wildman–Crippen LogP) is 12.6. The number of Topliss-reactive ketones (excluding diaryl/α,β-unsaturated/α-hetero) is 2. The van der Waals surface area contributed by atoms with E-state index in [9.17, 15) is 44.8 Å². The molecule has 10 rings (SSSR count). The summed E-state index contributed by atoms with van der Waals surface area (Å²) >= 11 is 0. The average Bonchev–Trinajstić information content (AvgIpc) is 1.60. The number of fused-ring (bicyclic) bond motifs is 2. The van der Waals surface area contributed by atoms with Crippen molar-refractivity contribution in [3.8, 4) is 22.6 Å². The van der Waals surface area contributed by atoms with Gasteiger partial charge in [0.1, 0.15) is 34.3 Å². The molecule has 0 radical (unpaired) electrons. The van der Waals surface area contributed by atoms with Crippen molar-refractivity contribution in [2.45, 2.75) is 83.3 Å². The lowest BCUT2D eigenvalue weighted by molar-refractivity contribution is -0.158. The van der Waals surface area contributed by atoms with E-state index in [2.05, 4.69) is 0 Å². The van der Waals surface area contributed by atoms with Crippen molar-refractivity contribution in [3.05, 3.63) is 178 Å². The standard InChI is InChI=1S/C37H42FNO9S.C35H39FN2O9S/c1-4-32(40)34-30-23-29(25-11-12-25)31(24-33(30)48-35(34)27-13-15-28(38)16-14-27)39(49(3,42)43)17-18-44-19-20-45-21-22-47-36(37(41)46-5-2)26-9-7-6-8-10-26;1-3-30(39)32-28-21-27(23-9-10-23)29(22-31(28)47-33(32)25-11-13-26(36)14-12-25)38(48(2,42)43)15-16-44-17-18-45-19-20-46-34(35(40)37-41)24-7-5-4-6-8-24/h6-10,13-16,23-25,36H,4-5,11-12,17-22H2,1-3H3;4-8,11-14,21-23,34,41H,3,9-10,15-20H2,1-2H3,(H,37,40). The zero-order chi connectivity index (χ0) is 69.2. The van der Waals surface area contributed by atoms with Crippen LogP contribution in [0.25, 0.3) is 44.6 Å². The minimum atomic E-state index is -3.74. The summed E-state index contributed by atoms with van der Waals surface area (Å²) < 4.78 is 134. The lowest BCUT2D eigenvalue weighted by Gasteiger charge is -2.25. The summed E-state index contributed by atoms with van der Waals surface area (Å²) in [6.45, 7) is 7.27. The van der Waals surface area contributed by atoms with Crippen LogP contribution in [0.2, 0.25) is 0 Å². The third-order valence-electron chi connectivity index (χ3n) is 16.2. The number of furan rings is 2. The van der Waals surface area contributed by atoms with E-state index in [0.29, 0.717) is 78.2 Å². The van der Waals surface area contributed by atoms with Gasteiger partial charge in [-0.25, -0.2) is 35.9 Å². The van der Waals surface area contributed by atoms with Gasteiger partial charge in [-0.15, -0.1) is 0 Å². The van der Waals surface area contributed by atoms with Gasteiger partial charge in [-0.2, -0.15) is 0 Å². The van der Waals surface area contributed by atoms with Crippen LogP contribution in [-0.4, -0.2) is 144 Å². The lowest BCUT2D eigenvalue weighted by Crippen LogP contribution is -2.34. The fourth-order valence-electron chi connectivity index (χ4n) is 11.2. The van der Waals surface area contributed by atoms with Gasteiger partial charge in [0.25, 0.3) is 5.91 Å². The molecule has 25 heteroatoms. The molecule has 2 fully saturated rings. The van der Waals surface area contributed by atoms with Crippen LogP contribution in [0, 0.1) is 11.6 Å². The maximum absolute atomic E-state index is 13.7. The molecule has 2 saturated carbocycles. The number of rotatable bonds is 37. The van der Waals surface area contributed by atoms with Crippen molar-refractivity contribution >= 4 is 76.8 Å². The number of esters is 1. The van der Waals surface area contributed by atoms with Crippen LogP contribution < -0.4 is 14.1 Å². The first kappa shape index (κ1) is 73.0. The number of sulfonamides is 2. The van der Waals surface area contributed by atoms with Crippen molar-refractivity contribution in [2.24, 2.45) is 0 Å². The minimum absolute atomic E-state index is 0.0362. The highest BCUT2D eigenvalue weighted by atomic mass is 32.2. The first-order valence-corrected chi connectivity index (χ1v) is 35.9. The van der Waals surface area contributed by atoms with Crippen LogP contribution in [0.4, 0.5) is 20.2 Å². The van der Waals surface area contributed by atoms with Gasteiger partial charge < -0.3 is 42.0 Å². The molecule has 2 aromatic heterocycles. The van der Waals surface area contributed by atoms with Crippen LogP contribution in [0.3, 0.4) is 0 Å². The van der Waals surface area contributed by atoms with Gasteiger partial charge in [-0.05, 0) is 127 Å². The Kier molecular flexibility index (Phi) is 25.8. The normalized spacial score (nSPS) is 13.8. The second-order valence-electron chi connectivity index (χ2n) is 23.2. The smallest absolute Gasteiger partial charge is 0.339 e. The molecule has 0 bridgehead atoms. The Bertz CT molecular complexity index is 4200. The van der Waals surface area contributed by atoms with Crippen molar-refractivity contribution < 1.29 is 92.0 Å². The van der Waals surface area contributed by atoms with Crippen molar-refractivity contribution in [1.82, 2.24) is 5.48 Å². The van der Waals surface area contributed by atoms with E-state index in [-0.39, 0.29) is 122 Å². The highest BCUT2D eigenvalue weighted by Crippen LogP contribution is 2.50. The summed E-state index contributed by atoms with van der Waals surface area (Å²) in [5, 5.41) is 10.3. The van der Waals surface area contributed by atoms with Gasteiger partial charge >= 0.3 is 5.97 Å². The first-order chi connectivity index (χ1) is 46.7. The number of benzene rings is 6. The molecule has 0 saturated heterocycles. The van der Waals surface area contributed by atoms with Gasteiger partial charge in [-0.1, -0.05) is 74.5 Å². The van der Waals surface area contributed by atoms with Gasteiger partial charge in [0, 0.05) is 46.9 Å². The Balaban J connectivity index is 0.000000227. The largest absolute Gasteiger partial charge is 0.464 e. The molecule has 2 atom stereocenters. The fraction of sp³-hybridized carbons (Fsp3) is 0.389. The molecule has 2 heterocycles. The van der Waals surface area contributed by atoms with E-state index in [0.717, 1.165) is 49.3 Å². The number of carbonyl (C=O) groups excluding carboxylic acids is 4. The molecule has 518 valence electrons. The Morgan fingerprint density at radius 3 is 1.26 bits per heavy atom. The topological polar surface area (TPSA) is 266 Å². The summed E-state index contributed by atoms with van der Waals surface area (Å²) in [5.41, 5.74) is 8.14. The third kappa shape index (κ3) is 19.3. The van der Waals surface area contributed by atoms with E-state index < -0.39 is 55.8 Å². The Morgan fingerprint density at radius 1 is 0.526 bits per heavy atom. The van der Waals surface area contributed by atoms with E-state index in [1.807, 2.05) is 30.3 Å². The van der Waals surface area contributed by atoms with Crippen molar-refractivity contribution in [2.75, 3.05) is 107 Å². The maximum Gasteiger partial charge on any atom is 0.339 e. The number of hydroxylamine groups is 1. The molecule has 0 aliphatic heterocycles. The first-order valence-electron chi connectivity index (χ1n) is 32.2. The average molecular weight is 1380 g/mol. The number of ether oxygens (including phenoxy) is 7. The zero-order valence-electron chi connectivity index (χ0n) is 54.8. The third-order valence-corrected chi connectivity index (χ3v) is 18.5. The SMILES string of the molecule is CCC(=O)c1c(-c2ccc(F)cc2)oc2cc(N(CCOCCOCCOC(C(=O)NO)c3ccccc3)S(C)(=O)=O)c(C3CC3)cc12.CCOC(=O)C(OCCOCCOCCN(c1cc2oc(-c3ccc(F)cc3)c(C(=O)CC)c2cc1C1CC1)S(C)(=O)=O)c1ccccc1. The second kappa shape index (κ2) is 34.3. The van der Waals surface area contributed by atoms with Gasteiger partial charge in [0.2, 0.25) is 20.0 Å². The summed E-state index contributed by atoms with van der Waals surface area (Å²) in [7, 11) is -7.46. The summed E-state index contributed by atoms with van der Waals surface area (Å²) in [6, 6.07) is 36.4. The Labute approximate surface area is 562 Å². The zero-order valence-corrected chi connectivity index (χ0v) is 56.4. The quantitative estimate of drug-likeness (QED) is 0.0120. The molecule has 21 nitrogen and oxygen atoms in total. The second-order valence-corrected chi connectivity index (χ2v) is 27.0. The number of amides is 1. The monoisotopic (exact) mass is 1380 g/mol. The highest BCUT2D eigenvalue weighted by Gasteiger charge is 2.35. The van der Waals surface area contributed by atoms with E-state index in [1.165, 1.54) is 32.9 Å². The van der Waals surface area contributed by atoms with Gasteiger partial charge in [-0.3, -0.25) is 28.2 Å². The molecule has 8 aromatic rings. The number of anilines is 2. The molecule has 2 aliphatic carbocycles. The maximum atomic E-state index is 13.7. The van der Waals surface area contributed by atoms with Crippen LogP contribution in [-0.2, 0) is 62.8 Å². The number of nitrogens with one attached hydrogen (secondary N) is 1. The molecular weight excluding hydrogens is 1300 g/mol. The number of nitrogens with zero attached hydrogens (tertiary/aromatic N) is 2. The summed E-state index contributed by atoms with van der Waals surface area (Å²) in [5.74, 6) is -1.28. The molecule has 97 heavy (non-hydrogen) atoms. The number of hydrogen-bond acceptors (Lipinski definition) is 18. The molecular formula is C72H81F2N3O18S2.